The third-order valence-electron chi connectivity index (χ3n) is 8.84. The average molecular weight is 562 g/mol. The molecular weight excluding hydrogens is 534 g/mol. The molecule has 0 saturated heterocycles. The van der Waals surface area contributed by atoms with E-state index in [2.05, 4.69) is 157 Å². The molecule has 206 valence electrons. The predicted octanol–water partition coefficient (Wildman–Crippen LogP) is 12.2. The second kappa shape index (κ2) is 9.86. The lowest BCUT2D eigenvalue weighted by atomic mass is 9.99. The third kappa shape index (κ3) is 3.89. The Bertz CT molecular complexity index is 2490. The highest BCUT2D eigenvalue weighted by atomic mass is 16.3. The summed E-state index contributed by atoms with van der Waals surface area (Å²) in [4.78, 5) is 2.40. The first-order valence-corrected chi connectivity index (χ1v) is 15.0. The SMILES string of the molecule is c1ccc(-c2ccc(N(c3ccc4ccc5ccccc5c4c3)c3cccc4c3ccc3oc5ccccc5c34)cc2)cc1. The van der Waals surface area contributed by atoms with Crippen molar-refractivity contribution < 1.29 is 4.42 Å². The van der Waals surface area contributed by atoms with Gasteiger partial charge in [-0.1, -0.05) is 115 Å². The lowest BCUT2D eigenvalue weighted by Crippen LogP contribution is -2.10. The minimum absolute atomic E-state index is 0.909. The molecule has 44 heavy (non-hydrogen) atoms. The number of benzene rings is 8. The summed E-state index contributed by atoms with van der Waals surface area (Å²) in [7, 11) is 0. The lowest BCUT2D eigenvalue weighted by molar-refractivity contribution is 0.669. The van der Waals surface area contributed by atoms with Crippen molar-refractivity contribution in [3.8, 4) is 11.1 Å². The highest BCUT2D eigenvalue weighted by Crippen LogP contribution is 2.44. The van der Waals surface area contributed by atoms with Gasteiger partial charge in [0.2, 0.25) is 0 Å². The molecule has 0 unspecified atom stereocenters. The highest BCUT2D eigenvalue weighted by Gasteiger charge is 2.19. The molecule has 0 aliphatic rings. The molecule has 2 heteroatoms. The van der Waals surface area contributed by atoms with E-state index >= 15 is 0 Å². The maximum Gasteiger partial charge on any atom is 0.136 e. The molecule has 1 aromatic heterocycles. The largest absolute Gasteiger partial charge is 0.456 e. The third-order valence-corrected chi connectivity index (χ3v) is 8.84. The van der Waals surface area contributed by atoms with E-state index < -0.39 is 0 Å². The van der Waals surface area contributed by atoms with Crippen molar-refractivity contribution in [2.45, 2.75) is 0 Å². The van der Waals surface area contributed by atoms with Gasteiger partial charge in [0, 0.05) is 27.5 Å². The zero-order valence-electron chi connectivity index (χ0n) is 23.9. The smallest absolute Gasteiger partial charge is 0.136 e. The molecule has 9 aromatic rings. The molecule has 9 rings (SSSR count). The lowest BCUT2D eigenvalue weighted by Gasteiger charge is -2.27. The Morgan fingerprint density at radius 1 is 0.364 bits per heavy atom. The molecule has 0 spiro atoms. The van der Waals surface area contributed by atoms with Crippen LogP contribution in [-0.4, -0.2) is 0 Å². The zero-order chi connectivity index (χ0) is 29.0. The first-order chi connectivity index (χ1) is 21.8. The Morgan fingerprint density at radius 3 is 1.89 bits per heavy atom. The standard InChI is InChI=1S/C42H27NO/c1-2-9-28(10-3-1)29-19-22-32(23-20-29)43(33-24-21-31-18-17-30-11-4-5-12-34(30)38(31)27-33)39-15-8-14-36-35(39)25-26-41-42(36)37-13-6-7-16-40(37)44-41/h1-27H. The summed E-state index contributed by atoms with van der Waals surface area (Å²) in [5.74, 6) is 0. The van der Waals surface area contributed by atoms with Crippen LogP contribution in [0, 0.1) is 0 Å². The van der Waals surface area contributed by atoms with Gasteiger partial charge in [-0.05, 0) is 86.6 Å². The molecule has 0 fully saturated rings. The fourth-order valence-corrected chi connectivity index (χ4v) is 6.75. The number of nitrogens with zero attached hydrogens (tertiary/aromatic N) is 1. The van der Waals surface area contributed by atoms with Crippen LogP contribution in [0.2, 0.25) is 0 Å². The van der Waals surface area contributed by atoms with Gasteiger partial charge < -0.3 is 9.32 Å². The molecule has 0 atom stereocenters. The van der Waals surface area contributed by atoms with Gasteiger partial charge in [0.25, 0.3) is 0 Å². The molecule has 0 aliphatic carbocycles. The summed E-state index contributed by atoms with van der Waals surface area (Å²) in [6.07, 6.45) is 0. The van der Waals surface area contributed by atoms with Crippen LogP contribution in [0.15, 0.2) is 168 Å². The highest BCUT2D eigenvalue weighted by molar-refractivity contribution is 6.21. The number of rotatable bonds is 4. The van der Waals surface area contributed by atoms with Crippen molar-refractivity contribution in [2.75, 3.05) is 4.90 Å². The van der Waals surface area contributed by atoms with Crippen LogP contribution in [0.1, 0.15) is 0 Å². The maximum atomic E-state index is 6.26. The van der Waals surface area contributed by atoms with Gasteiger partial charge >= 0.3 is 0 Å². The van der Waals surface area contributed by atoms with Crippen molar-refractivity contribution >= 4 is 71.3 Å². The van der Waals surface area contributed by atoms with Crippen LogP contribution in [0.4, 0.5) is 17.1 Å². The monoisotopic (exact) mass is 561 g/mol. The maximum absolute atomic E-state index is 6.26. The molecule has 0 amide bonds. The first kappa shape index (κ1) is 24.7. The van der Waals surface area contributed by atoms with E-state index in [1.54, 1.807) is 0 Å². The number of anilines is 3. The van der Waals surface area contributed by atoms with Crippen molar-refractivity contribution in [1.29, 1.82) is 0 Å². The van der Waals surface area contributed by atoms with E-state index in [9.17, 15) is 0 Å². The summed E-state index contributed by atoms with van der Waals surface area (Å²) in [6, 6.07) is 58.6. The van der Waals surface area contributed by atoms with E-state index in [0.29, 0.717) is 0 Å². The minimum atomic E-state index is 0.909. The summed E-state index contributed by atoms with van der Waals surface area (Å²) in [6.45, 7) is 0. The van der Waals surface area contributed by atoms with Crippen LogP contribution >= 0.6 is 0 Å². The molecular formula is C42H27NO. The van der Waals surface area contributed by atoms with Crippen LogP contribution in [-0.2, 0) is 0 Å². The second-order valence-corrected chi connectivity index (χ2v) is 11.3. The Balaban J connectivity index is 1.31. The Labute approximate surface area is 255 Å². The summed E-state index contributed by atoms with van der Waals surface area (Å²) >= 11 is 0. The predicted molar refractivity (Wildman–Crippen MR) is 186 cm³/mol. The molecule has 1 heterocycles. The van der Waals surface area contributed by atoms with Gasteiger partial charge in [-0.3, -0.25) is 0 Å². The van der Waals surface area contributed by atoms with Gasteiger partial charge in [0.15, 0.2) is 0 Å². The number of furan rings is 1. The van der Waals surface area contributed by atoms with Crippen molar-refractivity contribution in [3.05, 3.63) is 164 Å². The quantitative estimate of drug-likeness (QED) is 0.199. The average Bonchev–Trinajstić information content (AvgIpc) is 3.48. The summed E-state index contributed by atoms with van der Waals surface area (Å²) in [5.41, 5.74) is 7.58. The molecule has 0 N–H and O–H groups in total. The van der Waals surface area contributed by atoms with Gasteiger partial charge in [0.05, 0.1) is 5.69 Å². The molecule has 2 nitrogen and oxygen atoms in total. The Hall–Kier alpha value is -5.86. The number of fused-ring (bicyclic) bond motifs is 8. The van der Waals surface area contributed by atoms with E-state index in [0.717, 1.165) is 39.0 Å². The van der Waals surface area contributed by atoms with Gasteiger partial charge in [-0.2, -0.15) is 0 Å². The zero-order valence-corrected chi connectivity index (χ0v) is 23.9. The van der Waals surface area contributed by atoms with E-state index in [-0.39, 0.29) is 0 Å². The van der Waals surface area contributed by atoms with E-state index in [4.69, 9.17) is 4.42 Å². The molecule has 0 bridgehead atoms. The minimum Gasteiger partial charge on any atom is -0.456 e. The van der Waals surface area contributed by atoms with Crippen molar-refractivity contribution in [1.82, 2.24) is 0 Å². The number of hydrogen-bond donors (Lipinski definition) is 0. The first-order valence-electron chi connectivity index (χ1n) is 15.0. The molecule has 8 aromatic carbocycles. The van der Waals surface area contributed by atoms with Gasteiger partial charge in [-0.15, -0.1) is 0 Å². The summed E-state index contributed by atoms with van der Waals surface area (Å²) in [5, 5.41) is 9.64. The van der Waals surface area contributed by atoms with Crippen LogP contribution in [0.25, 0.3) is 65.4 Å². The van der Waals surface area contributed by atoms with E-state index in [1.807, 2.05) is 12.1 Å². The van der Waals surface area contributed by atoms with E-state index in [1.165, 1.54) is 43.4 Å². The molecule has 0 saturated carbocycles. The number of hydrogen-bond acceptors (Lipinski definition) is 2. The van der Waals surface area contributed by atoms with Crippen LogP contribution < -0.4 is 4.90 Å². The van der Waals surface area contributed by atoms with Crippen molar-refractivity contribution in [3.63, 3.8) is 0 Å². The second-order valence-electron chi connectivity index (χ2n) is 11.3. The molecule has 0 radical (unpaired) electrons. The Kier molecular flexibility index (Phi) is 5.54. The summed E-state index contributed by atoms with van der Waals surface area (Å²) < 4.78 is 6.26. The molecule has 0 aliphatic heterocycles. The van der Waals surface area contributed by atoms with Crippen LogP contribution in [0.5, 0.6) is 0 Å². The van der Waals surface area contributed by atoms with Gasteiger partial charge in [0.1, 0.15) is 11.2 Å². The fraction of sp³-hybridized carbons (Fsp3) is 0. The number of para-hydroxylation sites is 1. The van der Waals surface area contributed by atoms with Crippen molar-refractivity contribution in [2.24, 2.45) is 0 Å². The van der Waals surface area contributed by atoms with Gasteiger partial charge in [-0.25, -0.2) is 0 Å². The fourth-order valence-electron chi connectivity index (χ4n) is 6.75. The van der Waals surface area contributed by atoms with Crippen LogP contribution in [0.3, 0.4) is 0 Å². The normalized spacial score (nSPS) is 11.6. The topological polar surface area (TPSA) is 16.4 Å². The Morgan fingerprint density at radius 2 is 1.02 bits per heavy atom.